The molecule has 2 N–H and O–H groups in total. The van der Waals surface area contributed by atoms with Crippen LogP contribution in [0.1, 0.15) is 18.1 Å². The third-order valence-corrected chi connectivity index (χ3v) is 5.86. The number of halogens is 2. The van der Waals surface area contributed by atoms with Crippen LogP contribution < -0.4 is 10.0 Å². The maximum atomic E-state index is 13.5. The molecule has 0 bridgehead atoms. The molecule has 11 heteroatoms. The van der Waals surface area contributed by atoms with Gasteiger partial charge in [-0.05, 0) is 43.3 Å². The van der Waals surface area contributed by atoms with Crippen LogP contribution in [0.3, 0.4) is 0 Å². The third-order valence-electron chi connectivity index (χ3n) is 4.45. The normalized spacial score (nSPS) is 19.5. The van der Waals surface area contributed by atoms with Gasteiger partial charge in [0.1, 0.15) is 11.8 Å². The van der Waals surface area contributed by atoms with Crippen LogP contribution in [0.15, 0.2) is 41.3 Å². The van der Waals surface area contributed by atoms with Crippen LogP contribution >= 0.6 is 0 Å². The van der Waals surface area contributed by atoms with Crippen molar-refractivity contribution in [3.05, 3.63) is 63.7 Å². The van der Waals surface area contributed by atoms with Crippen LogP contribution in [0.25, 0.3) is 0 Å². The first-order chi connectivity index (χ1) is 13.2. The molecule has 3 rings (SSSR count). The highest BCUT2D eigenvalue weighted by Crippen LogP contribution is 2.35. The topological polar surface area (TPSA) is 111 Å². The number of nitro groups is 1. The molecule has 0 saturated carbocycles. The molecule has 1 aliphatic rings. The number of nitrogens with zero attached hydrogens (tertiary/aromatic N) is 1. The molecule has 0 aliphatic carbocycles. The Morgan fingerprint density at radius 1 is 1.18 bits per heavy atom. The number of hydrogen-bond donors (Lipinski definition) is 2. The second-order valence-electron chi connectivity index (χ2n) is 6.15. The summed E-state index contributed by atoms with van der Waals surface area (Å²) in [6.07, 6.45) is -0.174. The fraction of sp³-hybridized carbons (Fsp3) is 0.294. The molecule has 0 aromatic heterocycles. The lowest BCUT2D eigenvalue weighted by atomic mass is 10.0. The van der Waals surface area contributed by atoms with E-state index >= 15 is 0 Å². The van der Waals surface area contributed by atoms with Gasteiger partial charge in [0.25, 0.3) is 5.69 Å². The molecule has 2 aromatic carbocycles. The van der Waals surface area contributed by atoms with Crippen molar-refractivity contribution in [1.82, 2.24) is 4.72 Å². The average Bonchev–Trinajstić information content (AvgIpc) is 3.12. The lowest BCUT2D eigenvalue weighted by molar-refractivity contribution is -0.384. The van der Waals surface area contributed by atoms with Crippen molar-refractivity contribution in [2.45, 2.75) is 23.5 Å². The molecule has 1 fully saturated rings. The van der Waals surface area contributed by atoms with E-state index in [0.29, 0.717) is 18.6 Å². The minimum absolute atomic E-state index is 0.100. The van der Waals surface area contributed by atoms with Crippen LogP contribution in [0.4, 0.5) is 20.2 Å². The first-order valence-electron chi connectivity index (χ1n) is 8.28. The van der Waals surface area contributed by atoms with Gasteiger partial charge >= 0.3 is 0 Å². The zero-order chi connectivity index (χ0) is 20.5. The molecule has 2 unspecified atom stereocenters. The van der Waals surface area contributed by atoms with Crippen molar-refractivity contribution in [2.75, 3.05) is 19.0 Å². The summed E-state index contributed by atoms with van der Waals surface area (Å²) in [5.41, 5.74) is 0.0707. The van der Waals surface area contributed by atoms with E-state index in [-0.39, 0.29) is 10.6 Å². The highest BCUT2D eigenvalue weighted by atomic mass is 32.2. The fourth-order valence-corrected chi connectivity index (χ4v) is 3.77. The van der Waals surface area contributed by atoms with Crippen molar-refractivity contribution >= 4 is 21.4 Å². The predicted molar refractivity (Wildman–Crippen MR) is 96.4 cm³/mol. The minimum atomic E-state index is -3.84. The van der Waals surface area contributed by atoms with E-state index in [2.05, 4.69) is 10.0 Å². The summed E-state index contributed by atoms with van der Waals surface area (Å²) in [6.45, 7) is 0.321. The van der Waals surface area contributed by atoms with Crippen molar-refractivity contribution in [3.8, 4) is 0 Å². The highest BCUT2D eigenvalue weighted by Gasteiger charge is 2.32. The zero-order valence-corrected chi connectivity index (χ0v) is 15.5. The van der Waals surface area contributed by atoms with E-state index < -0.39 is 44.4 Å². The van der Waals surface area contributed by atoms with Crippen LogP contribution in [0, 0.1) is 21.7 Å². The van der Waals surface area contributed by atoms with Gasteiger partial charge in [0.15, 0.2) is 11.6 Å². The van der Waals surface area contributed by atoms with Crippen LogP contribution in [0.2, 0.25) is 0 Å². The van der Waals surface area contributed by atoms with E-state index in [1.54, 1.807) is 0 Å². The van der Waals surface area contributed by atoms with Gasteiger partial charge in [-0.1, -0.05) is 6.07 Å². The summed E-state index contributed by atoms with van der Waals surface area (Å²) < 4.78 is 58.2. The molecule has 1 aliphatic heterocycles. The molecular formula is C17H17F2N3O5S. The first-order valence-corrected chi connectivity index (χ1v) is 9.76. The molecule has 150 valence electrons. The minimum Gasteiger partial charge on any atom is -0.374 e. The van der Waals surface area contributed by atoms with Gasteiger partial charge in [0.2, 0.25) is 10.0 Å². The Bertz CT molecular complexity index is 1020. The molecule has 28 heavy (non-hydrogen) atoms. The van der Waals surface area contributed by atoms with E-state index in [1.165, 1.54) is 25.2 Å². The van der Waals surface area contributed by atoms with Crippen LogP contribution in [0.5, 0.6) is 0 Å². The Morgan fingerprint density at radius 2 is 1.93 bits per heavy atom. The van der Waals surface area contributed by atoms with Crippen molar-refractivity contribution in [1.29, 1.82) is 0 Å². The average molecular weight is 413 g/mol. The number of nitrogens with one attached hydrogen (secondary N) is 2. The van der Waals surface area contributed by atoms with Gasteiger partial charge in [0.05, 0.1) is 15.9 Å². The molecule has 0 spiro atoms. The monoisotopic (exact) mass is 413 g/mol. The summed E-state index contributed by atoms with van der Waals surface area (Å²) in [5.74, 6) is -2.00. The van der Waals surface area contributed by atoms with Gasteiger partial charge in [-0.15, -0.1) is 0 Å². The zero-order valence-electron chi connectivity index (χ0n) is 14.7. The number of hydrogen-bond acceptors (Lipinski definition) is 6. The number of sulfonamides is 1. The van der Waals surface area contributed by atoms with Crippen molar-refractivity contribution in [2.24, 2.45) is 0 Å². The number of rotatable bonds is 6. The molecule has 1 saturated heterocycles. The maximum Gasteiger partial charge on any atom is 0.293 e. The Kier molecular flexibility index (Phi) is 5.59. The SMILES string of the molecule is CNS(=O)(=O)c1ccc(NC2CCOC2c2ccc(F)c(F)c2)c([N+](=O)[O-])c1. The summed E-state index contributed by atoms with van der Waals surface area (Å²) in [6, 6.07) is 6.44. The molecule has 8 nitrogen and oxygen atoms in total. The van der Waals surface area contributed by atoms with E-state index in [4.69, 9.17) is 4.74 Å². The smallest absolute Gasteiger partial charge is 0.293 e. The van der Waals surface area contributed by atoms with E-state index in [1.807, 2.05) is 0 Å². The summed E-state index contributed by atoms with van der Waals surface area (Å²) in [5, 5.41) is 14.4. The van der Waals surface area contributed by atoms with Crippen molar-refractivity contribution in [3.63, 3.8) is 0 Å². The number of ether oxygens (including phenoxy) is 1. The maximum absolute atomic E-state index is 13.5. The quantitative estimate of drug-likeness (QED) is 0.557. The van der Waals surface area contributed by atoms with Crippen LogP contribution in [-0.4, -0.2) is 33.0 Å². The van der Waals surface area contributed by atoms with Crippen LogP contribution in [-0.2, 0) is 14.8 Å². The Hall–Kier alpha value is -2.63. The van der Waals surface area contributed by atoms with Gasteiger partial charge in [-0.25, -0.2) is 21.9 Å². The van der Waals surface area contributed by atoms with Gasteiger partial charge in [-0.3, -0.25) is 10.1 Å². The molecule has 0 amide bonds. The predicted octanol–water partition coefficient (Wildman–Crippen LogP) is 2.72. The second kappa shape index (κ2) is 7.78. The summed E-state index contributed by atoms with van der Waals surface area (Å²) in [7, 11) is -2.64. The molecule has 2 atom stereocenters. The fourth-order valence-electron chi connectivity index (χ4n) is 3.02. The number of nitro benzene ring substituents is 1. The first kappa shape index (κ1) is 20.1. The van der Waals surface area contributed by atoms with Crippen molar-refractivity contribution < 1.29 is 26.9 Å². The Morgan fingerprint density at radius 3 is 2.57 bits per heavy atom. The lowest BCUT2D eigenvalue weighted by Crippen LogP contribution is -2.24. The standard InChI is InChI=1S/C17H17F2N3O5S/c1-20-28(25,26)11-3-5-14(16(9-11)22(23)24)21-15-6-7-27-17(15)10-2-4-12(18)13(19)8-10/h2-5,8-9,15,17,20-21H,6-7H2,1H3. The third kappa shape index (κ3) is 3.96. The second-order valence-corrected chi connectivity index (χ2v) is 8.03. The van der Waals surface area contributed by atoms with Gasteiger partial charge in [-0.2, -0.15) is 0 Å². The largest absolute Gasteiger partial charge is 0.374 e. The Labute approximate surface area is 159 Å². The molecule has 1 heterocycles. The molecule has 0 radical (unpaired) electrons. The molecule has 2 aromatic rings. The Balaban J connectivity index is 1.91. The van der Waals surface area contributed by atoms with E-state index in [0.717, 1.165) is 18.2 Å². The summed E-state index contributed by atoms with van der Waals surface area (Å²) in [4.78, 5) is 10.5. The number of benzene rings is 2. The van der Waals surface area contributed by atoms with E-state index in [9.17, 15) is 27.3 Å². The highest BCUT2D eigenvalue weighted by molar-refractivity contribution is 7.89. The van der Waals surface area contributed by atoms with Gasteiger partial charge in [0, 0.05) is 12.7 Å². The summed E-state index contributed by atoms with van der Waals surface area (Å²) >= 11 is 0. The lowest BCUT2D eigenvalue weighted by Gasteiger charge is -2.21. The number of anilines is 1. The molecular weight excluding hydrogens is 396 g/mol. The van der Waals surface area contributed by atoms with Gasteiger partial charge < -0.3 is 10.1 Å².